The number of aromatic nitrogens is 2. The highest BCUT2D eigenvalue weighted by Crippen LogP contribution is 2.34. The Morgan fingerprint density at radius 2 is 2.10 bits per heavy atom. The molecule has 2 aliphatic rings. The lowest BCUT2D eigenvalue weighted by atomic mass is 10.2. The molecule has 1 aliphatic carbocycles. The molecule has 4 N–H and O–H groups in total. The van der Waals surface area contributed by atoms with Gasteiger partial charge in [0.2, 0.25) is 5.82 Å². The first kappa shape index (κ1) is 20.5. The number of aromatic carboxylic acids is 1. The number of aromatic amines is 1. The van der Waals surface area contributed by atoms with E-state index in [1.165, 1.54) is 27.5 Å². The molecule has 3 heterocycles. The summed E-state index contributed by atoms with van der Waals surface area (Å²) in [6.07, 6.45) is 2.93. The molecule has 2 aromatic heterocycles. The first-order valence-electron chi connectivity index (χ1n) is 9.96. The summed E-state index contributed by atoms with van der Waals surface area (Å²) in [6.45, 7) is 4.22. The Labute approximate surface area is 177 Å². The number of carboxylic acids is 1. The van der Waals surface area contributed by atoms with E-state index in [1.807, 2.05) is 0 Å². The monoisotopic (exact) mass is 428 g/mol. The molecule has 3 aromatic rings. The molecule has 1 aromatic carbocycles. The molecule has 9 heteroatoms. The van der Waals surface area contributed by atoms with Crippen molar-refractivity contribution in [3.63, 3.8) is 0 Å². The van der Waals surface area contributed by atoms with Crippen molar-refractivity contribution in [2.75, 3.05) is 31.2 Å². The molecule has 158 valence electrons. The van der Waals surface area contributed by atoms with Gasteiger partial charge in [0.15, 0.2) is 0 Å². The Morgan fingerprint density at radius 3 is 2.83 bits per heavy atom. The van der Waals surface area contributed by atoms with Crippen LogP contribution >= 0.6 is 11.3 Å². The van der Waals surface area contributed by atoms with Crippen molar-refractivity contribution in [1.29, 1.82) is 0 Å². The molecule has 1 aliphatic heterocycles. The van der Waals surface area contributed by atoms with E-state index in [0.717, 1.165) is 51.1 Å². The second-order valence-electron chi connectivity index (χ2n) is 7.23. The number of anilines is 1. The van der Waals surface area contributed by atoms with Gasteiger partial charge in [0.05, 0.1) is 18.6 Å². The minimum Gasteiger partial charge on any atom is -0.475 e. The molecule has 5 rings (SSSR count). The maximum atomic E-state index is 11.8. The zero-order valence-electron chi connectivity index (χ0n) is 16.5. The van der Waals surface area contributed by atoms with Crippen molar-refractivity contribution < 1.29 is 14.6 Å². The average Bonchev–Trinajstić information content (AvgIpc) is 3.36. The third-order valence-corrected chi connectivity index (χ3v) is 6.49. The van der Waals surface area contributed by atoms with Crippen molar-refractivity contribution in [1.82, 2.24) is 9.97 Å². The van der Waals surface area contributed by atoms with E-state index >= 15 is 0 Å². The Hall–Kier alpha value is -2.75. The smallest absolute Gasteiger partial charge is 0.372 e. The topological polar surface area (TPSA) is 122 Å². The van der Waals surface area contributed by atoms with Gasteiger partial charge in [-0.05, 0) is 42.5 Å². The normalized spacial score (nSPS) is 15.6. The molecule has 0 saturated carbocycles. The van der Waals surface area contributed by atoms with Gasteiger partial charge < -0.3 is 25.5 Å². The number of carbonyl (C=O) groups is 1. The van der Waals surface area contributed by atoms with E-state index in [1.54, 1.807) is 0 Å². The first-order valence-corrected chi connectivity index (χ1v) is 10.8. The maximum Gasteiger partial charge on any atom is 0.372 e. The zero-order valence-corrected chi connectivity index (χ0v) is 17.3. The Morgan fingerprint density at radius 1 is 1.30 bits per heavy atom. The van der Waals surface area contributed by atoms with Gasteiger partial charge in [0.1, 0.15) is 4.83 Å². The summed E-state index contributed by atoms with van der Waals surface area (Å²) in [5.74, 6) is -1.48. The summed E-state index contributed by atoms with van der Waals surface area (Å²) >= 11 is 1.44. The van der Waals surface area contributed by atoms with E-state index in [0.29, 0.717) is 16.8 Å². The van der Waals surface area contributed by atoms with Gasteiger partial charge in [0.25, 0.3) is 5.56 Å². The summed E-state index contributed by atoms with van der Waals surface area (Å²) in [5, 5.41) is 9.37. The van der Waals surface area contributed by atoms with Crippen LogP contribution in [0.4, 0.5) is 5.69 Å². The summed E-state index contributed by atoms with van der Waals surface area (Å²) < 4.78 is 5.31. The van der Waals surface area contributed by atoms with Crippen LogP contribution in [0.25, 0.3) is 10.2 Å². The Bertz CT molecular complexity index is 1120. The second kappa shape index (κ2) is 8.95. The van der Waals surface area contributed by atoms with E-state index in [2.05, 4.69) is 39.1 Å². The van der Waals surface area contributed by atoms with Crippen molar-refractivity contribution in [3.8, 4) is 0 Å². The SMILES string of the molecule is NCc1cccc(N2CCOCC2)c1.O=C(O)c1nc2sc3c(c2c(=O)[nH]1)CCC3. The van der Waals surface area contributed by atoms with Crippen LogP contribution in [-0.4, -0.2) is 47.3 Å². The van der Waals surface area contributed by atoms with Crippen LogP contribution < -0.4 is 16.2 Å². The van der Waals surface area contributed by atoms with Gasteiger partial charge in [-0.3, -0.25) is 4.79 Å². The number of hydrogen-bond donors (Lipinski definition) is 3. The van der Waals surface area contributed by atoms with E-state index in [9.17, 15) is 9.59 Å². The fourth-order valence-corrected chi connectivity index (χ4v) is 5.07. The Kier molecular flexibility index (Phi) is 6.12. The fraction of sp³-hybridized carbons (Fsp3) is 0.381. The lowest BCUT2D eigenvalue weighted by Gasteiger charge is -2.29. The summed E-state index contributed by atoms with van der Waals surface area (Å²) in [5.41, 5.74) is 8.78. The molecule has 1 fully saturated rings. The molecular weight excluding hydrogens is 404 g/mol. The number of nitrogens with zero attached hydrogens (tertiary/aromatic N) is 2. The number of hydrogen-bond acceptors (Lipinski definition) is 7. The van der Waals surface area contributed by atoms with Crippen molar-refractivity contribution in [2.45, 2.75) is 25.8 Å². The van der Waals surface area contributed by atoms with Crippen molar-refractivity contribution in [3.05, 3.63) is 56.4 Å². The highest BCUT2D eigenvalue weighted by Gasteiger charge is 2.22. The zero-order chi connectivity index (χ0) is 21.1. The number of ether oxygens (including phenoxy) is 1. The van der Waals surface area contributed by atoms with Gasteiger partial charge in [-0.2, -0.15) is 0 Å². The summed E-state index contributed by atoms with van der Waals surface area (Å²) in [7, 11) is 0. The lowest BCUT2D eigenvalue weighted by molar-refractivity contribution is 0.0683. The van der Waals surface area contributed by atoms with Gasteiger partial charge >= 0.3 is 5.97 Å². The molecule has 0 amide bonds. The molecule has 0 atom stereocenters. The third-order valence-electron chi connectivity index (χ3n) is 5.30. The van der Waals surface area contributed by atoms with Crippen LogP contribution in [0.2, 0.25) is 0 Å². The van der Waals surface area contributed by atoms with Crippen LogP contribution in [-0.2, 0) is 24.1 Å². The third kappa shape index (κ3) is 4.23. The average molecular weight is 429 g/mol. The first-order chi connectivity index (χ1) is 14.6. The number of carboxylic acid groups (broad SMARTS) is 1. The van der Waals surface area contributed by atoms with Gasteiger partial charge in [-0.15, -0.1) is 11.3 Å². The number of fused-ring (bicyclic) bond motifs is 3. The summed E-state index contributed by atoms with van der Waals surface area (Å²) in [6, 6.07) is 8.41. The van der Waals surface area contributed by atoms with E-state index < -0.39 is 5.97 Å². The molecule has 30 heavy (non-hydrogen) atoms. The maximum absolute atomic E-state index is 11.8. The molecule has 0 spiro atoms. The number of aryl methyl sites for hydroxylation is 2. The predicted octanol–water partition coefficient (Wildman–Crippen LogP) is 2.15. The number of morpholine rings is 1. The van der Waals surface area contributed by atoms with Gasteiger partial charge in [-0.25, -0.2) is 9.78 Å². The highest BCUT2D eigenvalue weighted by atomic mass is 32.1. The van der Waals surface area contributed by atoms with E-state index in [-0.39, 0.29) is 11.4 Å². The lowest BCUT2D eigenvalue weighted by Crippen LogP contribution is -2.36. The van der Waals surface area contributed by atoms with Crippen LogP contribution in [0.3, 0.4) is 0 Å². The quantitative estimate of drug-likeness (QED) is 0.584. The van der Waals surface area contributed by atoms with Crippen LogP contribution in [0.5, 0.6) is 0 Å². The number of benzene rings is 1. The highest BCUT2D eigenvalue weighted by molar-refractivity contribution is 7.18. The van der Waals surface area contributed by atoms with Crippen LogP contribution in [0.15, 0.2) is 29.1 Å². The van der Waals surface area contributed by atoms with E-state index in [4.69, 9.17) is 15.6 Å². The van der Waals surface area contributed by atoms with Crippen molar-refractivity contribution in [2.24, 2.45) is 5.73 Å². The molecule has 8 nitrogen and oxygen atoms in total. The summed E-state index contributed by atoms with van der Waals surface area (Å²) in [4.78, 5) is 32.8. The fourth-order valence-electron chi connectivity index (χ4n) is 3.81. The largest absolute Gasteiger partial charge is 0.475 e. The number of nitrogens with one attached hydrogen (secondary N) is 1. The van der Waals surface area contributed by atoms with Gasteiger partial charge in [-0.1, -0.05) is 12.1 Å². The number of H-pyrrole nitrogens is 1. The molecule has 0 unspecified atom stereocenters. The minimum atomic E-state index is -1.20. The molecule has 0 bridgehead atoms. The van der Waals surface area contributed by atoms with Crippen LogP contribution in [0, 0.1) is 0 Å². The van der Waals surface area contributed by atoms with Crippen molar-refractivity contribution >= 4 is 33.2 Å². The molecular formula is C21H24N4O4S. The second-order valence-corrected chi connectivity index (χ2v) is 8.31. The van der Waals surface area contributed by atoms with Crippen LogP contribution in [0.1, 0.15) is 33.0 Å². The number of nitrogens with two attached hydrogens (primary N) is 1. The predicted molar refractivity (Wildman–Crippen MR) is 117 cm³/mol. The Balaban J connectivity index is 0.000000147. The van der Waals surface area contributed by atoms with Gasteiger partial charge in [0, 0.05) is 30.2 Å². The molecule has 0 radical (unpaired) electrons. The standard InChI is InChI=1S/C11H16N2O.C10H8N2O3S/c12-9-10-2-1-3-11(8-10)13-4-6-14-7-5-13;13-8-6-4-2-1-3-5(4)16-9(6)12-7(11-8)10(14)15/h1-3,8H,4-7,9,12H2;1-3H2,(H,14,15)(H,11,12,13). The number of rotatable bonds is 3. The molecule has 1 saturated heterocycles. The minimum absolute atomic E-state index is 0.280. The number of thiophene rings is 1.